The highest BCUT2D eigenvalue weighted by Crippen LogP contribution is 2.14. The highest BCUT2D eigenvalue weighted by molar-refractivity contribution is 14.1. The number of rotatable bonds is 5. The highest BCUT2D eigenvalue weighted by Gasteiger charge is 2.02. The molecule has 1 aromatic rings. The van der Waals surface area contributed by atoms with E-state index in [9.17, 15) is 0 Å². The molecule has 16 heavy (non-hydrogen) atoms. The van der Waals surface area contributed by atoms with E-state index in [0.717, 1.165) is 15.8 Å². The molecule has 0 amide bonds. The van der Waals surface area contributed by atoms with Gasteiger partial charge >= 0.3 is 0 Å². The zero-order valence-electron chi connectivity index (χ0n) is 9.49. The molecule has 0 bridgehead atoms. The molecule has 0 heterocycles. The minimum atomic E-state index is 0.844. The van der Waals surface area contributed by atoms with Crippen LogP contribution in [0.3, 0.4) is 0 Å². The molecule has 0 aliphatic rings. The Balaban J connectivity index is 2.77. The Morgan fingerprint density at radius 3 is 2.50 bits per heavy atom. The maximum absolute atomic E-state index is 3.87. The van der Waals surface area contributed by atoms with Crippen LogP contribution in [0.15, 0.2) is 65.0 Å². The quantitative estimate of drug-likeness (QED) is 0.570. The number of hydrogen-bond acceptors (Lipinski definition) is 1. The molecule has 2 heteroatoms. The Morgan fingerprint density at radius 1 is 1.38 bits per heavy atom. The van der Waals surface area contributed by atoms with Gasteiger partial charge in [0.2, 0.25) is 0 Å². The maximum atomic E-state index is 3.87. The van der Waals surface area contributed by atoms with E-state index in [1.54, 1.807) is 0 Å². The highest BCUT2D eigenvalue weighted by atomic mass is 127. The van der Waals surface area contributed by atoms with Gasteiger partial charge in [-0.3, -0.25) is 0 Å². The predicted octanol–water partition coefficient (Wildman–Crippen LogP) is 4.48. The summed E-state index contributed by atoms with van der Waals surface area (Å²) < 4.78 is 1.02. The van der Waals surface area contributed by atoms with Crippen LogP contribution in [0.5, 0.6) is 0 Å². The van der Waals surface area contributed by atoms with Gasteiger partial charge < -0.3 is 4.90 Å². The second kappa shape index (κ2) is 6.53. The Kier molecular flexibility index (Phi) is 5.32. The van der Waals surface area contributed by atoms with Crippen molar-refractivity contribution in [3.05, 3.63) is 70.6 Å². The van der Waals surface area contributed by atoms with Crippen molar-refractivity contribution in [3.63, 3.8) is 0 Å². The molecule has 84 valence electrons. The molecule has 1 aromatic carbocycles. The molecule has 0 aromatic heterocycles. The van der Waals surface area contributed by atoms with Gasteiger partial charge in [-0.05, 0) is 47.4 Å². The maximum Gasteiger partial charge on any atom is 0.0472 e. The van der Waals surface area contributed by atoms with Gasteiger partial charge in [-0.25, -0.2) is 0 Å². The Bertz CT molecular complexity index is 392. The lowest BCUT2D eigenvalue weighted by molar-refractivity contribution is 0.461. The molecule has 0 fully saturated rings. The van der Waals surface area contributed by atoms with Crippen molar-refractivity contribution in [1.29, 1.82) is 0 Å². The molecule has 0 saturated heterocycles. The molecule has 0 aliphatic carbocycles. The van der Waals surface area contributed by atoms with Gasteiger partial charge in [-0.1, -0.05) is 43.5 Å². The van der Waals surface area contributed by atoms with E-state index in [4.69, 9.17) is 0 Å². The lowest BCUT2D eigenvalue weighted by atomic mass is 10.2. The smallest absolute Gasteiger partial charge is 0.0472 e. The summed E-state index contributed by atoms with van der Waals surface area (Å²) in [7, 11) is 0. The van der Waals surface area contributed by atoms with Crippen molar-refractivity contribution >= 4 is 22.6 Å². The van der Waals surface area contributed by atoms with Crippen LogP contribution >= 0.6 is 22.6 Å². The molecular formula is C14H16IN. The van der Waals surface area contributed by atoms with Gasteiger partial charge in [0.05, 0.1) is 0 Å². The largest absolute Gasteiger partial charge is 0.348 e. The van der Waals surface area contributed by atoms with Crippen LogP contribution in [0.2, 0.25) is 0 Å². The standard InChI is InChI=1S/C14H16IN/c1-4-16(13(3)10-12(2)15)11-14-8-6-5-7-9-14/h4-10H,1-2,11H2,3H3/b13-10+. The summed E-state index contributed by atoms with van der Waals surface area (Å²) in [5.41, 5.74) is 2.42. The van der Waals surface area contributed by atoms with Gasteiger partial charge in [0.15, 0.2) is 0 Å². The first kappa shape index (κ1) is 13.0. The van der Waals surface area contributed by atoms with Gasteiger partial charge in [0, 0.05) is 15.8 Å². The predicted molar refractivity (Wildman–Crippen MR) is 79.1 cm³/mol. The Labute approximate surface area is 111 Å². The third-order valence-electron chi connectivity index (χ3n) is 2.23. The summed E-state index contributed by atoms with van der Waals surface area (Å²) in [6, 6.07) is 10.3. The zero-order valence-corrected chi connectivity index (χ0v) is 11.6. The molecule has 0 N–H and O–H groups in total. The lowest BCUT2D eigenvalue weighted by Crippen LogP contribution is -2.13. The van der Waals surface area contributed by atoms with E-state index in [2.05, 4.69) is 59.7 Å². The third kappa shape index (κ3) is 4.23. The first-order chi connectivity index (χ1) is 7.63. The fourth-order valence-corrected chi connectivity index (χ4v) is 1.87. The summed E-state index contributed by atoms with van der Waals surface area (Å²) in [5.74, 6) is 0. The SMILES string of the molecule is C=CN(Cc1ccccc1)/C(C)=C/C(=C)I. The molecule has 1 rings (SSSR count). The normalized spacial score (nSPS) is 11.0. The van der Waals surface area contributed by atoms with Crippen molar-refractivity contribution in [1.82, 2.24) is 4.90 Å². The Morgan fingerprint density at radius 2 is 2.00 bits per heavy atom. The van der Waals surface area contributed by atoms with Gasteiger partial charge in [-0.2, -0.15) is 0 Å². The molecule has 0 saturated carbocycles. The first-order valence-electron chi connectivity index (χ1n) is 5.09. The van der Waals surface area contributed by atoms with Crippen LogP contribution in [0.4, 0.5) is 0 Å². The first-order valence-corrected chi connectivity index (χ1v) is 6.17. The van der Waals surface area contributed by atoms with Crippen LogP contribution in [0, 0.1) is 0 Å². The van der Waals surface area contributed by atoms with Gasteiger partial charge in [0.1, 0.15) is 0 Å². The van der Waals surface area contributed by atoms with E-state index in [1.807, 2.05) is 30.5 Å². The fraction of sp³-hybridized carbons (Fsp3) is 0.143. The second-order valence-electron chi connectivity index (χ2n) is 3.53. The van der Waals surface area contributed by atoms with Crippen LogP contribution in [-0.2, 0) is 6.54 Å². The molecule has 0 aliphatic heterocycles. The number of halogens is 1. The van der Waals surface area contributed by atoms with Gasteiger partial charge in [-0.15, -0.1) is 0 Å². The molecule has 0 spiro atoms. The van der Waals surface area contributed by atoms with Crippen LogP contribution in [0.1, 0.15) is 12.5 Å². The number of nitrogens with zero attached hydrogens (tertiary/aromatic N) is 1. The van der Waals surface area contributed by atoms with E-state index in [-0.39, 0.29) is 0 Å². The second-order valence-corrected chi connectivity index (χ2v) is 4.91. The number of hydrogen-bond donors (Lipinski definition) is 0. The summed E-state index contributed by atoms with van der Waals surface area (Å²) in [5, 5.41) is 0. The summed E-state index contributed by atoms with van der Waals surface area (Å²) in [4.78, 5) is 2.11. The van der Waals surface area contributed by atoms with Crippen molar-refractivity contribution in [2.24, 2.45) is 0 Å². The van der Waals surface area contributed by atoms with E-state index < -0.39 is 0 Å². The van der Waals surface area contributed by atoms with Crippen LogP contribution in [-0.4, -0.2) is 4.90 Å². The third-order valence-corrected chi connectivity index (χ3v) is 2.55. The molecule has 0 unspecified atom stereocenters. The fourth-order valence-electron chi connectivity index (χ4n) is 1.42. The lowest BCUT2D eigenvalue weighted by Gasteiger charge is -2.20. The number of benzene rings is 1. The topological polar surface area (TPSA) is 3.24 Å². The minimum Gasteiger partial charge on any atom is -0.348 e. The molecule has 0 radical (unpaired) electrons. The van der Waals surface area contributed by atoms with Crippen molar-refractivity contribution < 1.29 is 0 Å². The zero-order chi connectivity index (χ0) is 12.0. The van der Waals surface area contributed by atoms with Crippen molar-refractivity contribution in [2.75, 3.05) is 0 Å². The summed E-state index contributed by atoms with van der Waals surface area (Å²) >= 11 is 2.21. The molecule has 1 nitrogen and oxygen atoms in total. The minimum absolute atomic E-state index is 0.844. The molecular weight excluding hydrogens is 309 g/mol. The Hall–Kier alpha value is -1.03. The average molecular weight is 325 g/mol. The van der Waals surface area contributed by atoms with Crippen LogP contribution in [0.25, 0.3) is 0 Å². The van der Waals surface area contributed by atoms with E-state index in [0.29, 0.717) is 0 Å². The summed E-state index contributed by atoms with van der Waals surface area (Å²) in [6.45, 7) is 10.6. The van der Waals surface area contributed by atoms with Crippen molar-refractivity contribution in [2.45, 2.75) is 13.5 Å². The summed E-state index contributed by atoms with van der Waals surface area (Å²) in [6.07, 6.45) is 3.89. The number of allylic oxidation sites excluding steroid dienone is 3. The molecule has 0 atom stereocenters. The van der Waals surface area contributed by atoms with Gasteiger partial charge in [0.25, 0.3) is 0 Å². The average Bonchev–Trinajstić information content (AvgIpc) is 2.26. The van der Waals surface area contributed by atoms with Crippen molar-refractivity contribution in [3.8, 4) is 0 Å². The van der Waals surface area contributed by atoms with Crippen LogP contribution < -0.4 is 0 Å². The van der Waals surface area contributed by atoms with E-state index >= 15 is 0 Å². The van der Waals surface area contributed by atoms with E-state index in [1.165, 1.54) is 5.56 Å². The monoisotopic (exact) mass is 325 g/mol.